The topological polar surface area (TPSA) is 29.1 Å². The normalized spacial score (nSPS) is 28.8. The van der Waals surface area contributed by atoms with E-state index < -0.39 is 0 Å². The SMILES string of the molecule is O=C1Nc2cccc(Cl)c2C2CC12. The predicted octanol–water partition coefficient (Wildman–Crippen LogP) is 2.40. The number of anilines is 1. The molecular formula is C10H8ClNO. The lowest BCUT2D eigenvalue weighted by molar-refractivity contribution is -0.117. The minimum atomic E-state index is 0.153. The van der Waals surface area contributed by atoms with E-state index in [2.05, 4.69) is 5.32 Å². The minimum Gasteiger partial charge on any atom is -0.326 e. The van der Waals surface area contributed by atoms with Crippen LogP contribution in [-0.4, -0.2) is 5.91 Å². The molecule has 1 N–H and O–H groups in total. The van der Waals surface area contributed by atoms with Crippen LogP contribution in [0.15, 0.2) is 18.2 Å². The van der Waals surface area contributed by atoms with Gasteiger partial charge in [0.1, 0.15) is 0 Å². The maximum atomic E-state index is 11.4. The van der Waals surface area contributed by atoms with Gasteiger partial charge in [0.15, 0.2) is 0 Å². The number of carbonyl (C=O) groups excluding carboxylic acids is 1. The first-order chi connectivity index (χ1) is 6.27. The van der Waals surface area contributed by atoms with Gasteiger partial charge in [-0.3, -0.25) is 4.79 Å². The number of nitrogens with one attached hydrogen (secondary N) is 1. The fourth-order valence-electron chi connectivity index (χ4n) is 2.05. The smallest absolute Gasteiger partial charge is 0.228 e. The summed E-state index contributed by atoms with van der Waals surface area (Å²) in [6, 6.07) is 5.66. The van der Waals surface area contributed by atoms with Gasteiger partial charge in [-0.2, -0.15) is 0 Å². The average Bonchev–Trinajstić information content (AvgIpc) is 2.83. The molecule has 2 nitrogen and oxygen atoms in total. The van der Waals surface area contributed by atoms with Crippen LogP contribution in [0.3, 0.4) is 0 Å². The van der Waals surface area contributed by atoms with Crippen LogP contribution in [0.4, 0.5) is 5.69 Å². The molecule has 13 heavy (non-hydrogen) atoms. The van der Waals surface area contributed by atoms with E-state index in [1.165, 1.54) is 0 Å². The van der Waals surface area contributed by atoms with Crippen molar-refractivity contribution in [2.75, 3.05) is 5.32 Å². The van der Waals surface area contributed by atoms with Crippen LogP contribution >= 0.6 is 11.6 Å². The van der Waals surface area contributed by atoms with Crippen molar-refractivity contribution < 1.29 is 4.79 Å². The summed E-state index contributed by atoms with van der Waals surface area (Å²) in [6.07, 6.45) is 0.961. The molecule has 1 aromatic carbocycles. The Morgan fingerprint density at radius 2 is 2.23 bits per heavy atom. The lowest BCUT2D eigenvalue weighted by Crippen LogP contribution is -2.19. The van der Waals surface area contributed by atoms with Crippen molar-refractivity contribution in [2.24, 2.45) is 5.92 Å². The van der Waals surface area contributed by atoms with Gasteiger partial charge in [0.25, 0.3) is 0 Å². The third kappa shape index (κ3) is 0.923. The van der Waals surface area contributed by atoms with Gasteiger partial charge in [0.05, 0.1) is 0 Å². The summed E-state index contributed by atoms with van der Waals surface area (Å²) in [6.45, 7) is 0. The summed E-state index contributed by atoms with van der Waals surface area (Å²) in [7, 11) is 0. The summed E-state index contributed by atoms with van der Waals surface area (Å²) in [4.78, 5) is 11.4. The van der Waals surface area contributed by atoms with Gasteiger partial charge in [-0.05, 0) is 30.0 Å². The molecule has 1 aliphatic carbocycles. The van der Waals surface area contributed by atoms with Gasteiger partial charge in [-0.25, -0.2) is 0 Å². The second-order valence-electron chi connectivity index (χ2n) is 3.64. The van der Waals surface area contributed by atoms with E-state index in [-0.39, 0.29) is 11.8 Å². The van der Waals surface area contributed by atoms with Crippen LogP contribution in [0, 0.1) is 5.92 Å². The summed E-state index contributed by atoms with van der Waals surface area (Å²) in [5.74, 6) is 0.726. The Bertz CT molecular complexity index is 402. The van der Waals surface area contributed by atoms with Crippen molar-refractivity contribution in [1.82, 2.24) is 0 Å². The molecule has 1 heterocycles. The van der Waals surface area contributed by atoms with Crippen molar-refractivity contribution in [3.05, 3.63) is 28.8 Å². The predicted molar refractivity (Wildman–Crippen MR) is 50.9 cm³/mol. The highest BCUT2D eigenvalue weighted by molar-refractivity contribution is 6.32. The van der Waals surface area contributed by atoms with E-state index in [1.54, 1.807) is 0 Å². The molecule has 0 saturated heterocycles. The molecule has 3 heteroatoms. The van der Waals surface area contributed by atoms with Crippen LogP contribution in [0.2, 0.25) is 5.02 Å². The fraction of sp³-hybridized carbons (Fsp3) is 0.300. The lowest BCUT2D eigenvalue weighted by atomic mass is 10.0. The van der Waals surface area contributed by atoms with Gasteiger partial charge >= 0.3 is 0 Å². The molecule has 0 aromatic heterocycles. The molecule has 2 unspecified atom stereocenters. The van der Waals surface area contributed by atoms with Gasteiger partial charge in [0.2, 0.25) is 5.91 Å². The number of rotatable bonds is 0. The molecule has 1 saturated carbocycles. The van der Waals surface area contributed by atoms with Crippen molar-refractivity contribution in [3.8, 4) is 0 Å². The Kier molecular flexibility index (Phi) is 1.29. The van der Waals surface area contributed by atoms with E-state index in [0.29, 0.717) is 5.92 Å². The van der Waals surface area contributed by atoms with E-state index in [9.17, 15) is 4.79 Å². The molecule has 3 rings (SSSR count). The second-order valence-corrected chi connectivity index (χ2v) is 4.05. The largest absolute Gasteiger partial charge is 0.326 e. The molecule has 1 aliphatic heterocycles. The maximum absolute atomic E-state index is 11.4. The van der Waals surface area contributed by atoms with Crippen LogP contribution in [0.5, 0.6) is 0 Å². The molecule has 1 aromatic rings. The van der Waals surface area contributed by atoms with Crippen LogP contribution in [-0.2, 0) is 4.79 Å². The zero-order valence-electron chi connectivity index (χ0n) is 6.88. The Hall–Kier alpha value is -1.02. The first-order valence-electron chi connectivity index (χ1n) is 4.36. The van der Waals surface area contributed by atoms with Crippen molar-refractivity contribution in [3.63, 3.8) is 0 Å². The van der Waals surface area contributed by atoms with Crippen molar-refractivity contribution in [1.29, 1.82) is 0 Å². The van der Waals surface area contributed by atoms with Crippen molar-refractivity contribution >= 4 is 23.2 Å². The first-order valence-corrected chi connectivity index (χ1v) is 4.74. The van der Waals surface area contributed by atoms with Gasteiger partial charge in [-0.15, -0.1) is 0 Å². The fourth-order valence-corrected chi connectivity index (χ4v) is 2.37. The molecule has 0 bridgehead atoms. The first kappa shape index (κ1) is 7.39. The quantitative estimate of drug-likeness (QED) is 0.674. The molecule has 1 fully saturated rings. The lowest BCUT2D eigenvalue weighted by Gasteiger charge is -2.16. The highest BCUT2D eigenvalue weighted by atomic mass is 35.5. The number of hydrogen-bond acceptors (Lipinski definition) is 1. The van der Waals surface area contributed by atoms with Crippen molar-refractivity contribution in [2.45, 2.75) is 12.3 Å². The summed E-state index contributed by atoms with van der Waals surface area (Å²) in [5.41, 5.74) is 2.03. The Balaban J connectivity index is 2.20. The molecular weight excluding hydrogens is 186 g/mol. The molecule has 2 aliphatic rings. The third-order valence-corrected chi connectivity index (χ3v) is 3.14. The highest BCUT2D eigenvalue weighted by Gasteiger charge is 2.49. The molecule has 66 valence electrons. The zero-order valence-corrected chi connectivity index (χ0v) is 7.64. The number of carbonyl (C=O) groups is 1. The molecule has 0 spiro atoms. The average molecular weight is 194 g/mol. The minimum absolute atomic E-state index is 0.153. The number of benzene rings is 1. The molecule has 2 atom stereocenters. The van der Waals surface area contributed by atoms with Gasteiger partial charge in [0, 0.05) is 16.6 Å². The van der Waals surface area contributed by atoms with E-state index in [4.69, 9.17) is 11.6 Å². The monoisotopic (exact) mass is 193 g/mol. The number of amides is 1. The van der Waals surface area contributed by atoms with Crippen LogP contribution in [0.1, 0.15) is 17.9 Å². The van der Waals surface area contributed by atoms with E-state index in [0.717, 1.165) is 22.7 Å². The highest BCUT2D eigenvalue weighted by Crippen LogP contribution is 2.55. The van der Waals surface area contributed by atoms with E-state index >= 15 is 0 Å². The summed E-state index contributed by atoms with van der Waals surface area (Å²) in [5, 5.41) is 3.65. The standard InChI is InChI=1S/C10H8ClNO/c11-7-2-1-3-8-9(7)5-4-6(5)10(13)12-8/h1-3,5-6H,4H2,(H,12,13). The Morgan fingerprint density at radius 3 is 3.08 bits per heavy atom. The van der Waals surface area contributed by atoms with Crippen LogP contribution in [0.25, 0.3) is 0 Å². The Labute approximate surface area is 80.9 Å². The van der Waals surface area contributed by atoms with Gasteiger partial charge in [-0.1, -0.05) is 17.7 Å². The number of hydrogen-bond donors (Lipinski definition) is 1. The second kappa shape index (κ2) is 2.26. The maximum Gasteiger partial charge on any atom is 0.228 e. The van der Waals surface area contributed by atoms with Crippen LogP contribution < -0.4 is 5.32 Å². The Morgan fingerprint density at radius 1 is 1.38 bits per heavy atom. The molecule has 0 radical (unpaired) electrons. The van der Waals surface area contributed by atoms with Gasteiger partial charge < -0.3 is 5.32 Å². The number of halogens is 1. The summed E-state index contributed by atoms with van der Waals surface area (Å²) < 4.78 is 0. The number of fused-ring (bicyclic) bond motifs is 3. The molecule has 1 amide bonds. The summed E-state index contributed by atoms with van der Waals surface area (Å²) >= 11 is 6.06. The third-order valence-electron chi connectivity index (χ3n) is 2.81. The van der Waals surface area contributed by atoms with E-state index in [1.807, 2.05) is 18.2 Å². The zero-order chi connectivity index (χ0) is 9.00.